The highest BCUT2D eigenvalue weighted by molar-refractivity contribution is 7.80. The Bertz CT molecular complexity index is 575. The van der Waals surface area contributed by atoms with Crippen LogP contribution in [0.2, 0.25) is 0 Å². The molecule has 0 spiro atoms. The van der Waals surface area contributed by atoms with Gasteiger partial charge < -0.3 is 4.74 Å². The fourth-order valence-electron chi connectivity index (χ4n) is 1.70. The number of aromatic hydroxyl groups is 2. The minimum atomic E-state index is 0.994. The molecule has 106 valence electrons. The summed E-state index contributed by atoms with van der Waals surface area (Å²) in [6.07, 6.45) is 0. The van der Waals surface area contributed by atoms with Crippen LogP contribution in [0.15, 0.2) is 89.8 Å². The molecule has 3 rings (SSSR count). The lowest BCUT2D eigenvalue weighted by Crippen LogP contribution is -1.77. The first kappa shape index (κ1) is 15.2. The number of aryl methyl sites for hydroxylation is 1. The highest BCUT2D eigenvalue weighted by Gasteiger charge is 1.98. The Morgan fingerprint density at radius 3 is 1.43 bits per heavy atom. The Morgan fingerprint density at radius 2 is 1.05 bits per heavy atom. The van der Waals surface area contributed by atoms with Crippen molar-refractivity contribution in [1.29, 1.82) is 0 Å². The lowest BCUT2D eigenvalue weighted by Gasteiger charge is -2.00. The van der Waals surface area contributed by atoms with Crippen LogP contribution >= 0.6 is 12.6 Å². The Balaban J connectivity index is 0.000000173. The van der Waals surface area contributed by atoms with Crippen LogP contribution in [0.4, 0.5) is 0 Å². The quantitative estimate of drug-likeness (QED) is 0.465. The Kier molecular flexibility index (Phi) is 5.92. The number of hydrogen-bond acceptors (Lipinski definition) is 1. The standard InChI is InChI=1S/C12H10O.C7H8S/c1-3-7-11(8-4-1)13-12-9-5-2-6-10-12;1-6-2-4-7(8)5-3-6/h1-10H;2-5,8H,1H3/p+1. The summed E-state index contributed by atoms with van der Waals surface area (Å²) in [7, 11) is 0. The monoisotopic (exact) mass is 295 g/mol. The maximum absolute atomic E-state index is 4.44. The van der Waals surface area contributed by atoms with Crippen LogP contribution in [0, 0.1) is 6.92 Å². The molecule has 3 aromatic carbocycles. The van der Waals surface area contributed by atoms with Gasteiger partial charge in [0.15, 0.2) is 0 Å². The molecular formula is C19H19OS+. The summed E-state index contributed by atoms with van der Waals surface area (Å²) in [6.45, 7) is 2.06. The minimum absolute atomic E-state index is 0.994. The molecule has 0 atom stereocenters. The molecule has 0 radical (unpaired) electrons. The normalized spacial score (nSPS) is 9.43. The van der Waals surface area contributed by atoms with Gasteiger partial charge in [0.2, 0.25) is 0 Å². The van der Waals surface area contributed by atoms with E-state index in [1.165, 1.54) is 5.56 Å². The average molecular weight is 295 g/mol. The molecule has 2 heteroatoms. The molecule has 0 aliphatic carbocycles. The summed E-state index contributed by atoms with van der Waals surface area (Å²) in [5.41, 5.74) is 1.28. The number of ether oxygens (including phenoxy) is 1. The van der Waals surface area contributed by atoms with Crippen LogP contribution in [-0.4, -0.2) is 4.74 Å². The topological polar surface area (TPSA) is 12.8 Å². The predicted molar refractivity (Wildman–Crippen MR) is 92.4 cm³/mol. The van der Waals surface area contributed by atoms with E-state index in [2.05, 4.69) is 24.3 Å². The van der Waals surface area contributed by atoms with Crippen LogP contribution in [0.1, 0.15) is 5.56 Å². The summed E-state index contributed by atoms with van der Waals surface area (Å²) < 4.78 is 4.44. The smallest absolute Gasteiger partial charge is 0.260 e. The van der Waals surface area contributed by atoms with E-state index in [0.717, 1.165) is 16.4 Å². The third kappa shape index (κ3) is 5.76. The molecule has 0 saturated heterocycles. The van der Waals surface area contributed by atoms with Gasteiger partial charge in [-0.15, -0.1) is 12.6 Å². The lowest BCUT2D eigenvalue weighted by molar-refractivity contribution is 0.199. The van der Waals surface area contributed by atoms with Gasteiger partial charge in [-0.25, -0.2) is 0 Å². The van der Waals surface area contributed by atoms with E-state index in [0.29, 0.717) is 0 Å². The van der Waals surface area contributed by atoms with E-state index in [9.17, 15) is 0 Å². The van der Waals surface area contributed by atoms with E-state index >= 15 is 0 Å². The fraction of sp³-hybridized carbons (Fsp3) is 0.0526. The third-order valence-corrected chi connectivity index (χ3v) is 3.10. The van der Waals surface area contributed by atoms with E-state index in [1.54, 1.807) is 0 Å². The zero-order valence-corrected chi connectivity index (χ0v) is 12.9. The molecular weight excluding hydrogens is 276 g/mol. The Hall–Kier alpha value is -2.19. The molecule has 0 fully saturated rings. The number of hydrogen-bond donors (Lipinski definition) is 1. The van der Waals surface area contributed by atoms with Gasteiger partial charge in [0.05, 0.1) is 0 Å². The van der Waals surface area contributed by atoms with Gasteiger partial charge in [0.1, 0.15) is 0 Å². The van der Waals surface area contributed by atoms with Gasteiger partial charge in [0.25, 0.3) is 11.5 Å². The van der Waals surface area contributed by atoms with Gasteiger partial charge in [0, 0.05) is 29.2 Å². The first-order valence-electron chi connectivity index (χ1n) is 6.81. The van der Waals surface area contributed by atoms with E-state index in [1.807, 2.05) is 84.9 Å². The van der Waals surface area contributed by atoms with Gasteiger partial charge >= 0.3 is 0 Å². The number of para-hydroxylation sites is 2. The fourth-order valence-corrected chi connectivity index (χ4v) is 1.85. The van der Waals surface area contributed by atoms with Crippen molar-refractivity contribution in [3.8, 4) is 11.5 Å². The van der Waals surface area contributed by atoms with Crippen molar-refractivity contribution >= 4 is 12.6 Å². The average Bonchev–Trinajstić information content (AvgIpc) is 2.53. The number of thiol groups is 1. The molecule has 0 amide bonds. The maximum atomic E-state index is 4.44. The van der Waals surface area contributed by atoms with E-state index < -0.39 is 0 Å². The van der Waals surface area contributed by atoms with Gasteiger partial charge in [-0.2, -0.15) is 0 Å². The molecule has 1 nitrogen and oxygen atoms in total. The van der Waals surface area contributed by atoms with Crippen molar-refractivity contribution < 1.29 is 4.74 Å². The predicted octanol–water partition coefficient (Wildman–Crippen LogP) is 5.63. The molecule has 0 aliphatic heterocycles. The van der Waals surface area contributed by atoms with Crippen molar-refractivity contribution in [3.63, 3.8) is 0 Å². The summed E-state index contributed by atoms with van der Waals surface area (Å²) in [6, 6.07) is 28.0. The van der Waals surface area contributed by atoms with Crippen molar-refractivity contribution in [1.82, 2.24) is 0 Å². The summed E-state index contributed by atoms with van der Waals surface area (Å²) in [5, 5.41) is 0. The SMILES string of the molecule is Cc1ccc(S)cc1.c1ccc([OH+]c2ccccc2)cc1. The summed E-state index contributed by atoms with van der Waals surface area (Å²) >= 11 is 4.13. The van der Waals surface area contributed by atoms with Crippen LogP contribution < -0.4 is 0 Å². The Morgan fingerprint density at radius 1 is 0.619 bits per heavy atom. The molecule has 0 aliphatic rings. The molecule has 0 aromatic heterocycles. The zero-order valence-electron chi connectivity index (χ0n) is 12.0. The van der Waals surface area contributed by atoms with Crippen LogP contribution in [0.25, 0.3) is 0 Å². The lowest BCUT2D eigenvalue weighted by atomic mass is 10.2. The minimum Gasteiger partial charge on any atom is -0.546 e. The molecule has 0 saturated carbocycles. The second kappa shape index (κ2) is 8.18. The van der Waals surface area contributed by atoms with Gasteiger partial charge in [-0.1, -0.05) is 54.1 Å². The third-order valence-electron chi connectivity index (χ3n) is 2.80. The zero-order chi connectivity index (χ0) is 14.9. The van der Waals surface area contributed by atoms with Crippen LogP contribution in [0.3, 0.4) is 0 Å². The van der Waals surface area contributed by atoms with Crippen LogP contribution in [-0.2, 0) is 0 Å². The van der Waals surface area contributed by atoms with Crippen LogP contribution in [0.5, 0.6) is 11.5 Å². The van der Waals surface area contributed by atoms with Crippen molar-refractivity contribution in [3.05, 3.63) is 90.5 Å². The summed E-state index contributed by atoms with van der Waals surface area (Å²) in [5.74, 6) is 1.99. The molecule has 21 heavy (non-hydrogen) atoms. The second-order valence-electron chi connectivity index (χ2n) is 4.62. The number of benzene rings is 3. The maximum Gasteiger partial charge on any atom is 0.260 e. The molecule has 0 heterocycles. The van der Waals surface area contributed by atoms with Crippen molar-refractivity contribution in [2.24, 2.45) is 0 Å². The molecule has 3 aromatic rings. The van der Waals surface area contributed by atoms with Gasteiger partial charge in [-0.05, 0) is 19.1 Å². The van der Waals surface area contributed by atoms with E-state index in [4.69, 9.17) is 0 Å². The first-order valence-corrected chi connectivity index (χ1v) is 7.26. The second-order valence-corrected chi connectivity index (χ2v) is 5.13. The largest absolute Gasteiger partial charge is 0.546 e. The van der Waals surface area contributed by atoms with Gasteiger partial charge in [-0.3, -0.25) is 0 Å². The van der Waals surface area contributed by atoms with Crippen molar-refractivity contribution in [2.45, 2.75) is 11.8 Å². The summed E-state index contributed by atoms with van der Waals surface area (Å²) in [4.78, 5) is 1.02. The molecule has 1 N–H and O–H groups in total. The van der Waals surface area contributed by atoms with E-state index in [-0.39, 0.29) is 0 Å². The molecule has 0 bridgehead atoms. The Labute approximate surface area is 131 Å². The first-order chi connectivity index (χ1) is 10.2. The molecule has 0 unspecified atom stereocenters. The van der Waals surface area contributed by atoms with Crippen molar-refractivity contribution in [2.75, 3.05) is 0 Å². The number of rotatable bonds is 2. The highest BCUT2D eigenvalue weighted by Crippen LogP contribution is 2.21. The highest BCUT2D eigenvalue weighted by atomic mass is 32.1.